The third-order valence-corrected chi connectivity index (χ3v) is 8.05. The molecule has 0 spiro atoms. The Morgan fingerprint density at radius 1 is 0.968 bits per heavy atom. The van der Waals surface area contributed by atoms with E-state index in [2.05, 4.69) is 38.3 Å². The summed E-state index contributed by atoms with van der Waals surface area (Å²) in [5.74, 6) is 1.84. The first kappa shape index (κ1) is 21.2. The standard InChI is InChI=1S/C25H39N5O/c1-28-24-21(4-2-6-23(24)30(25(28)31)22-5-3-11-27-17-22)18-29-14-9-20(10-15-29)16-19-7-12-26-13-8-19/h2,4,6,19-20,22,26-27H,3,5,7-18H2,1H3. The average molecular weight is 426 g/mol. The van der Waals surface area contributed by atoms with Crippen LogP contribution in [0.2, 0.25) is 0 Å². The third kappa shape index (κ3) is 4.48. The van der Waals surface area contributed by atoms with Gasteiger partial charge in [0, 0.05) is 20.1 Å². The number of fused-ring (bicyclic) bond motifs is 1. The van der Waals surface area contributed by atoms with Gasteiger partial charge in [-0.3, -0.25) is 14.0 Å². The van der Waals surface area contributed by atoms with Crippen LogP contribution in [0.25, 0.3) is 11.0 Å². The van der Waals surface area contributed by atoms with E-state index in [1.807, 2.05) is 11.6 Å². The lowest BCUT2D eigenvalue weighted by molar-refractivity contribution is 0.154. The molecule has 3 saturated heterocycles. The molecule has 0 amide bonds. The van der Waals surface area contributed by atoms with E-state index >= 15 is 0 Å². The third-order valence-electron chi connectivity index (χ3n) is 8.05. The summed E-state index contributed by atoms with van der Waals surface area (Å²) in [6.45, 7) is 7.71. The van der Waals surface area contributed by atoms with Crippen LogP contribution < -0.4 is 16.3 Å². The van der Waals surface area contributed by atoms with Gasteiger partial charge in [0.15, 0.2) is 0 Å². The molecule has 170 valence electrons. The Kier molecular flexibility index (Phi) is 6.49. The van der Waals surface area contributed by atoms with Crippen LogP contribution in [-0.4, -0.2) is 53.3 Å². The molecule has 1 atom stereocenters. The summed E-state index contributed by atoms with van der Waals surface area (Å²) in [4.78, 5) is 15.8. The van der Waals surface area contributed by atoms with E-state index < -0.39 is 0 Å². The van der Waals surface area contributed by atoms with Crippen LogP contribution in [0.3, 0.4) is 0 Å². The van der Waals surface area contributed by atoms with Crippen molar-refractivity contribution in [2.24, 2.45) is 18.9 Å². The first-order chi connectivity index (χ1) is 15.2. The predicted molar refractivity (Wildman–Crippen MR) is 127 cm³/mol. The van der Waals surface area contributed by atoms with Gasteiger partial charge in [0.1, 0.15) is 0 Å². The SMILES string of the molecule is Cn1c(=O)n(C2CCCNC2)c2cccc(CN3CCC(CC4CCNCC4)CC3)c21. The van der Waals surface area contributed by atoms with Gasteiger partial charge in [0.05, 0.1) is 17.1 Å². The highest BCUT2D eigenvalue weighted by molar-refractivity contribution is 5.80. The first-order valence-corrected chi connectivity index (χ1v) is 12.5. The second-order valence-corrected chi connectivity index (χ2v) is 10.1. The predicted octanol–water partition coefficient (Wildman–Crippen LogP) is 2.87. The van der Waals surface area contributed by atoms with Gasteiger partial charge in [-0.1, -0.05) is 12.1 Å². The molecular formula is C25H39N5O. The Morgan fingerprint density at radius 3 is 2.48 bits per heavy atom. The van der Waals surface area contributed by atoms with Gasteiger partial charge in [-0.05, 0) is 101 Å². The Hall–Kier alpha value is -1.63. The Labute approximate surface area is 186 Å². The fourth-order valence-corrected chi connectivity index (χ4v) is 6.26. The average Bonchev–Trinajstić information content (AvgIpc) is 3.07. The summed E-state index contributed by atoms with van der Waals surface area (Å²) in [6, 6.07) is 6.78. The zero-order chi connectivity index (χ0) is 21.2. The van der Waals surface area contributed by atoms with E-state index in [0.717, 1.165) is 55.3 Å². The summed E-state index contributed by atoms with van der Waals surface area (Å²) in [7, 11) is 1.95. The zero-order valence-electron chi connectivity index (χ0n) is 19.1. The van der Waals surface area contributed by atoms with Gasteiger partial charge in [0.2, 0.25) is 0 Å². The number of aryl methyl sites for hydroxylation is 1. The van der Waals surface area contributed by atoms with Crippen LogP contribution in [0.1, 0.15) is 56.6 Å². The molecule has 3 fully saturated rings. The minimum Gasteiger partial charge on any atom is -0.317 e. The zero-order valence-corrected chi connectivity index (χ0v) is 19.1. The largest absolute Gasteiger partial charge is 0.329 e. The molecule has 1 aromatic heterocycles. The number of nitrogens with one attached hydrogen (secondary N) is 2. The number of benzene rings is 1. The molecule has 4 heterocycles. The van der Waals surface area contributed by atoms with Crippen LogP contribution >= 0.6 is 0 Å². The number of likely N-dealkylation sites (tertiary alicyclic amines) is 1. The molecule has 6 nitrogen and oxygen atoms in total. The smallest absolute Gasteiger partial charge is 0.317 e. The van der Waals surface area contributed by atoms with Crippen LogP contribution in [-0.2, 0) is 13.6 Å². The molecule has 2 N–H and O–H groups in total. The molecular weight excluding hydrogens is 386 g/mol. The van der Waals surface area contributed by atoms with Crippen LogP contribution in [0.5, 0.6) is 0 Å². The summed E-state index contributed by atoms with van der Waals surface area (Å²) >= 11 is 0. The van der Waals surface area contributed by atoms with Gasteiger partial charge in [-0.25, -0.2) is 4.79 Å². The van der Waals surface area contributed by atoms with Crippen LogP contribution in [0.4, 0.5) is 0 Å². The molecule has 0 saturated carbocycles. The minimum atomic E-state index is 0.136. The van der Waals surface area contributed by atoms with Crippen LogP contribution in [0.15, 0.2) is 23.0 Å². The van der Waals surface area contributed by atoms with E-state index in [-0.39, 0.29) is 11.7 Å². The maximum Gasteiger partial charge on any atom is 0.329 e. The van der Waals surface area contributed by atoms with E-state index in [0.29, 0.717) is 0 Å². The quantitative estimate of drug-likeness (QED) is 0.774. The molecule has 3 aliphatic heterocycles. The summed E-state index contributed by atoms with van der Waals surface area (Å²) < 4.78 is 3.94. The fourth-order valence-electron chi connectivity index (χ4n) is 6.26. The van der Waals surface area contributed by atoms with Crippen molar-refractivity contribution in [3.05, 3.63) is 34.2 Å². The monoisotopic (exact) mass is 425 g/mol. The lowest BCUT2D eigenvalue weighted by Gasteiger charge is -2.34. The van der Waals surface area contributed by atoms with Crippen molar-refractivity contribution in [1.29, 1.82) is 0 Å². The Morgan fingerprint density at radius 2 is 1.74 bits per heavy atom. The van der Waals surface area contributed by atoms with E-state index in [1.165, 1.54) is 63.8 Å². The van der Waals surface area contributed by atoms with Gasteiger partial charge in [-0.15, -0.1) is 0 Å². The Bertz CT molecular complexity index is 927. The van der Waals surface area contributed by atoms with Crippen molar-refractivity contribution in [2.45, 2.75) is 57.5 Å². The molecule has 1 aromatic carbocycles. The maximum absolute atomic E-state index is 13.1. The molecule has 1 unspecified atom stereocenters. The summed E-state index contributed by atoms with van der Waals surface area (Å²) in [5.41, 5.74) is 3.68. The highest BCUT2D eigenvalue weighted by Gasteiger charge is 2.26. The highest BCUT2D eigenvalue weighted by atomic mass is 16.1. The van der Waals surface area contributed by atoms with Crippen molar-refractivity contribution < 1.29 is 0 Å². The van der Waals surface area contributed by atoms with Gasteiger partial charge >= 0.3 is 5.69 Å². The summed E-state index contributed by atoms with van der Waals surface area (Å²) in [5, 5.41) is 6.96. The van der Waals surface area contributed by atoms with Gasteiger partial charge < -0.3 is 10.6 Å². The number of hydrogen-bond acceptors (Lipinski definition) is 4. The molecule has 0 radical (unpaired) electrons. The molecule has 6 heteroatoms. The second-order valence-electron chi connectivity index (χ2n) is 10.1. The number of piperidine rings is 3. The van der Waals surface area contributed by atoms with Crippen molar-refractivity contribution in [2.75, 3.05) is 39.3 Å². The highest BCUT2D eigenvalue weighted by Crippen LogP contribution is 2.30. The Balaban J connectivity index is 1.28. The normalized spacial score (nSPS) is 24.7. The van der Waals surface area contributed by atoms with E-state index in [4.69, 9.17) is 0 Å². The van der Waals surface area contributed by atoms with E-state index in [1.54, 1.807) is 0 Å². The fraction of sp³-hybridized carbons (Fsp3) is 0.720. The number of nitrogens with zero attached hydrogens (tertiary/aromatic N) is 3. The molecule has 3 aliphatic rings. The van der Waals surface area contributed by atoms with Crippen molar-refractivity contribution >= 4 is 11.0 Å². The van der Waals surface area contributed by atoms with E-state index in [9.17, 15) is 4.79 Å². The van der Waals surface area contributed by atoms with Crippen LogP contribution in [0, 0.1) is 11.8 Å². The number of rotatable bonds is 5. The molecule has 5 rings (SSSR count). The first-order valence-electron chi connectivity index (χ1n) is 12.5. The van der Waals surface area contributed by atoms with Crippen molar-refractivity contribution in [3.8, 4) is 0 Å². The lowest BCUT2D eigenvalue weighted by Crippen LogP contribution is -2.36. The minimum absolute atomic E-state index is 0.136. The number of aromatic nitrogens is 2. The number of imidazole rings is 1. The molecule has 0 aliphatic carbocycles. The molecule has 31 heavy (non-hydrogen) atoms. The summed E-state index contributed by atoms with van der Waals surface area (Å²) in [6.07, 6.45) is 9.03. The van der Waals surface area contributed by atoms with Gasteiger partial charge in [-0.2, -0.15) is 0 Å². The van der Waals surface area contributed by atoms with Crippen molar-refractivity contribution in [3.63, 3.8) is 0 Å². The molecule has 0 bridgehead atoms. The molecule has 2 aromatic rings. The maximum atomic E-state index is 13.1. The van der Waals surface area contributed by atoms with Gasteiger partial charge in [0.25, 0.3) is 0 Å². The topological polar surface area (TPSA) is 54.2 Å². The number of hydrogen-bond donors (Lipinski definition) is 2. The second kappa shape index (κ2) is 9.47. The number of para-hydroxylation sites is 1. The lowest BCUT2D eigenvalue weighted by atomic mass is 9.83. The van der Waals surface area contributed by atoms with Crippen molar-refractivity contribution in [1.82, 2.24) is 24.7 Å².